The van der Waals surface area contributed by atoms with Gasteiger partial charge >= 0.3 is 12.1 Å². The number of carbonyl (C=O) groups is 2. The number of aryl methyl sites for hydroxylation is 1. The molecule has 0 fully saturated rings. The lowest BCUT2D eigenvalue weighted by Crippen LogP contribution is -2.41. The van der Waals surface area contributed by atoms with E-state index < -0.39 is 18.1 Å². The Hall–Kier alpha value is -2.31. The largest absolute Gasteiger partial charge is 0.480 e. The molecule has 0 saturated heterocycles. The second kappa shape index (κ2) is 7.10. The van der Waals surface area contributed by atoms with Gasteiger partial charge in [0.1, 0.15) is 12.6 Å². The Balaban J connectivity index is 2.42. The normalized spacial score (nSPS) is 11.6. The van der Waals surface area contributed by atoms with Crippen LogP contribution in [0.4, 0.5) is 4.79 Å². The van der Waals surface area contributed by atoms with Gasteiger partial charge in [0.25, 0.3) is 0 Å². The van der Waals surface area contributed by atoms with Gasteiger partial charge in [-0.2, -0.15) is 5.10 Å². The van der Waals surface area contributed by atoms with Gasteiger partial charge in [0.2, 0.25) is 0 Å². The van der Waals surface area contributed by atoms with Gasteiger partial charge in [0.05, 0.1) is 6.20 Å². The van der Waals surface area contributed by atoms with Crippen LogP contribution in [-0.4, -0.2) is 40.0 Å². The Kier molecular flexibility index (Phi) is 5.43. The molecule has 18 heavy (non-hydrogen) atoms. The average Bonchev–Trinajstić information content (AvgIpc) is 2.84. The van der Waals surface area contributed by atoms with Crippen LogP contribution >= 0.6 is 0 Å². The van der Waals surface area contributed by atoms with Crippen molar-refractivity contribution in [2.24, 2.45) is 0 Å². The van der Waals surface area contributed by atoms with E-state index in [0.29, 0.717) is 6.42 Å². The molecule has 0 aromatic carbocycles. The Morgan fingerprint density at radius 1 is 1.67 bits per heavy atom. The molecule has 0 radical (unpaired) electrons. The van der Waals surface area contributed by atoms with Crippen molar-refractivity contribution in [2.75, 3.05) is 6.61 Å². The highest BCUT2D eigenvalue weighted by Crippen LogP contribution is 2.03. The van der Waals surface area contributed by atoms with Gasteiger partial charge in [0, 0.05) is 6.20 Å². The summed E-state index contributed by atoms with van der Waals surface area (Å²) in [5.74, 6) is -1.10. The Morgan fingerprint density at radius 2 is 2.44 bits per heavy atom. The van der Waals surface area contributed by atoms with Crippen molar-refractivity contribution in [3.63, 3.8) is 0 Å². The number of rotatable bonds is 7. The smallest absolute Gasteiger partial charge is 0.408 e. The number of carboxylic acid groups (broad SMARTS) is 1. The lowest BCUT2D eigenvalue weighted by Gasteiger charge is -2.13. The molecule has 1 aromatic heterocycles. The van der Waals surface area contributed by atoms with Crippen LogP contribution in [0.5, 0.6) is 0 Å². The molecule has 0 aliphatic rings. The zero-order chi connectivity index (χ0) is 13.4. The summed E-state index contributed by atoms with van der Waals surface area (Å²) in [5.41, 5.74) is 0.877. The second-order valence-electron chi connectivity index (χ2n) is 3.57. The Labute approximate surface area is 104 Å². The summed E-state index contributed by atoms with van der Waals surface area (Å²) in [6, 6.07) is -0.989. The fraction of sp³-hybridized carbons (Fsp3) is 0.364. The van der Waals surface area contributed by atoms with Gasteiger partial charge in [-0.1, -0.05) is 12.7 Å². The summed E-state index contributed by atoms with van der Waals surface area (Å²) < 4.78 is 4.66. The van der Waals surface area contributed by atoms with Crippen molar-refractivity contribution in [2.45, 2.75) is 18.9 Å². The van der Waals surface area contributed by atoms with Crippen molar-refractivity contribution >= 4 is 12.1 Å². The number of aromatic amines is 1. The third-order valence-electron chi connectivity index (χ3n) is 2.20. The van der Waals surface area contributed by atoms with E-state index in [1.54, 1.807) is 12.4 Å². The number of hydrogen-bond acceptors (Lipinski definition) is 4. The standard InChI is InChI=1S/C11H15N3O4/c1-2-5-18-11(17)14-9(10(15)16)4-3-8-6-12-13-7-8/h2,6-7,9H,1,3-5H2,(H,12,13)(H,14,17)(H,15,16). The van der Waals surface area contributed by atoms with E-state index in [4.69, 9.17) is 5.11 Å². The van der Waals surface area contributed by atoms with Crippen LogP contribution in [0, 0.1) is 0 Å². The third-order valence-corrected chi connectivity index (χ3v) is 2.20. The van der Waals surface area contributed by atoms with Crippen LogP contribution in [0.25, 0.3) is 0 Å². The molecule has 0 aliphatic carbocycles. The van der Waals surface area contributed by atoms with E-state index in [0.717, 1.165) is 5.56 Å². The van der Waals surface area contributed by atoms with Crippen LogP contribution in [0.1, 0.15) is 12.0 Å². The highest BCUT2D eigenvalue weighted by Gasteiger charge is 2.20. The molecule has 3 N–H and O–H groups in total. The fourth-order valence-electron chi connectivity index (χ4n) is 1.30. The molecule has 1 atom stereocenters. The van der Waals surface area contributed by atoms with Crippen LogP contribution in [-0.2, 0) is 16.0 Å². The molecule has 0 spiro atoms. The first-order chi connectivity index (χ1) is 8.63. The summed E-state index contributed by atoms with van der Waals surface area (Å²) in [4.78, 5) is 22.2. The molecule has 1 rings (SSSR count). The summed E-state index contributed by atoms with van der Waals surface area (Å²) in [6.07, 6.45) is 4.67. The lowest BCUT2D eigenvalue weighted by atomic mass is 10.1. The van der Waals surface area contributed by atoms with E-state index in [1.165, 1.54) is 6.08 Å². The van der Waals surface area contributed by atoms with Gasteiger partial charge < -0.3 is 15.2 Å². The number of ether oxygens (including phenoxy) is 1. The van der Waals surface area contributed by atoms with Crippen LogP contribution in [0.15, 0.2) is 25.0 Å². The van der Waals surface area contributed by atoms with E-state index in [2.05, 4.69) is 26.8 Å². The van der Waals surface area contributed by atoms with Crippen LogP contribution < -0.4 is 5.32 Å². The number of carbonyl (C=O) groups excluding carboxylic acids is 1. The summed E-state index contributed by atoms with van der Waals surface area (Å²) in [5, 5.41) is 17.6. The first-order valence-electron chi connectivity index (χ1n) is 5.38. The summed E-state index contributed by atoms with van der Waals surface area (Å²) in [7, 11) is 0. The second-order valence-corrected chi connectivity index (χ2v) is 3.57. The van der Waals surface area contributed by atoms with Crippen molar-refractivity contribution in [3.05, 3.63) is 30.6 Å². The highest BCUT2D eigenvalue weighted by molar-refractivity contribution is 5.79. The molecule has 7 nitrogen and oxygen atoms in total. The zero-order valence-corrected chi connectivity index (χ0v) is 9.76. The third kappa shape index (κ3) is 4.69. The first-order valence-corrected chi connectivity index (χ1v) is 5.38. The summed E-state index contributed by atoms with van der Waals surface area (Å²) >= 11 is 0. The number of aromatic nitrogens is 2. The molecule has 1 heterocycles. The molecular formula is C11H15N3O4. The quantitative estimate of drug-likeness (QED) is 0.621. The predicted octanol–water partition coefficient (Wildman–Crippen LogP) is 0.708. The van der Waals surface area contributed by atoms with Gasteiger partial charge in [-0.05, 0) is 18.4 Å². The van der Waals surface area contributed by atoms with Crippen molar-refractivity contribution in [3.8, 4) is 0 Å². The minimum absolute atomic E-state index is 0.0416. The monoisotopic (exact) mass is 253 g/mol. The van der Waals surface area contributed by atoms with E-state index in [-0.39, 0.29) is 13.0 Å². The number of aliphatic carboxylic acids is 1. The SMILES string of the molecule is C=CCOC(=O)NC(CCc1cn[nH]c1)C(=O)O. The Morgan fingerprint density at radius 3 is 3.00 bits per heavy atom. The predicted molar refractivity (Wildman–Crippen MR) is 63.0 cm³/mol. The minimum atomic E-state index is -1.10. The molecule has 0 saturated carbocycles. The molecule has 1 aromatic rings. The van der Waals surface area contributed by atoms with Gasteiger partial charge in [-0.15, -0.1) is 0 Å². The molecule has 1 unspecified atom stereocenters. The van der Waals surface area contributed by atoms with E-state index in [9.17, 15) is 9.59 Å². The first kappa shape index (κ1) is 13.8. The fourth-order valence-corrected chi connectivity index (χ4v) is 1.30. The molecule has 98 valence electrons. The van der Waals surface area contributed by atoms with Gasteiger partial charge in [-0.25, -0.2) is 9.59 Å². The number of nitrogens with one attached hydrogen (secondary N) is 2. The highest BCUT2D eigenvalue weighted by atomic mass is 16.5. The average molecular weight is 253 g/mol. The number of hydrogen-bond donors (Lipinski definition) is 3. The molecule has 0 aliphatic heterocycles. The number of alkyl carbamates (subject to hydrolysis) is 1. The zero-order valence-electron chi connectivity index (χ0n) is 9.76. The van der Waals surface area contributed by atoms with Crippen molar-refractivity contribution < 1.29 is 19.4 Å². The van der Waals surface area contributed by atoms with Crippen molar-refractivity contribution in [1.29, 1.82) is 0 Å². The maximum absolute atomic E-state index is 11.2. The topological polar surface area (TPSA) is 104 Å². The van der Waals surface area contributed by atoms with E-state index in [1.807, 2.05) is 0 Å². The molecule has 1 amide bonds. The number of nitrogens with zero attached hydrogens (tertiary/aromatic N) is 1. The number of amides is 1. The summed E-state index contributed by atoms with van der Waals surface area (Å²) in [6.45, 7) is 3.43. The Bertz CT molecular complexity index is 402. The number of carboxylic acids is 1. The maximum atomic E-state index is 11.2. The van der Waals surface area contributed by atoms with Crippen molar-refractivity contribution in [1.82, 2.24) is 15.5 Å². The van der Waals surface area contributed by atoms with Gasteiger partial charge in [-0.3, -0.25) is 5.10 Å². The molecule has 7 heteroatoms. The lowest BCUT2D eigenvalue weighted by molar-refractivity contribution is -0.139. The van der Waals surface area contributed by atoms with Crippen LogP contribution in [0.2, 0.25) is 0 Å². The molecule has 0 bridgehead atoms. The van der Waals surface area contributed by atoms with Gasteiger partial charge in [0.15, 0.2) is 0 Å². The minimum Gasteiger partial charge on any atom is -0.480 e. The van der Waals surface area contributed by atoms with E-state index >= 15 is 0 Å². The maximum Gasteiger partial charge on any atom is 0.408 e. The molecular weight excluding hydrogens is 238 g/mol. The van der Waals surface area contributed by atoms with Crippen LogP contribution in [0.3, 0.4) is 0 Å². The number of H-pyrrole nitrogens is 1.